The molecule has 1 aromatic carbocycles. The van der Waals surface area contributed by atoms with Crippen molar-refractivity contribution in [3.63, 3.8) is 0 Å². The summed E-state index contributed by atoms with van der Waals surface area (Å²) in [5, 5.41) is 10.9. The number of nitrogens with zero attached hydrogens (tertiary/aromatic N) is 1. The predicted molar refractivity (Wildman–Crippen MR) is 97.8 cm³/mol. The molecule has 0 N–H and O–H groups in total. The summed E-state index contributed by atoms with van der Waals surface area (Å²) in [6.07, 6.45) is 5.92. The number of benzene rings is 1. The van der Waals surface area contributed by atoms with E-state index in [0.29, 0.717) is 17.2 Å². The first kappa shape index (κ1) is 18.4. The Morgan fingerprint density at radius 1 is 1.35 bits per heavy atom. The Morgan fingerprint density at radius 2 is 2.08 bits per heavy atom. The smallest absolute Gasteiger partial charge is 0.331 e. The molecular formula is C20H25NO5. The van der Waals surface area contributed by atoms with E-state index in [0.717, 1.165) is 12.8 Å². The van der Waals surface area contributed by atoms with Gasteiger partial charge in [-0.3, -0.25) is 10.1 Å². The number of ether oxygens (including phenoxy) is 2. The monoisotopic (exact) mass is 359 g/mol. The largest absolute Gasteiger partial charge is 0.496 e. The molecule has 3 rings (SSSR count). The molecule has 1 aromatic rings. The minimum Gasteiger partial charge on any atom is -0.496 e. The van der Waals surface area contributed by atoms with Crippen LogP contribution in [0.5, 0.6) is 5.75 Å². The van der Waals surface area contributed by atoms with Gasteiger partial charge in [0, 0.05) is 29.2 Å². The van der Waals surface area contributed by atoms with E-state index in [2.05, 4.69) is 20.8 Å². The maximum Gasteiger partial charge on any atom is 0.331 e. The van der Waals surface area contributed by atoms with E-state index in [4.69, 9.17) is 9.47 Å². The molecule has 0 amide bonds. The number of carbonyl (C=O) groups excluding carboxylic acids is 1. The molecule has 26 heavy (non-hydrogen) atoms. The van der Waals surface area contributed by atoms with Crippen molar-refractivity contribution in [1.29, 1.82) is 0 Å². The Morgan fingerprint density at radius 3 is 2.62 bits per heavy atom. The third-order valence-electron chi connectivity index (χ3n) is 6.80. The maximum atomic E-state index is 12.3. The van der Waals surface area contributed by atoms with Gasteiger partial charge >= 0.3 is 5.97 Å². The molecule has 2 bridgehead atoms. The first-order valence-corrected chi connectivity index (χ1v) is 8.90. The Bertz CT molecular complexity index is 769. The molecule has 0 spiro atoms. The molecule has 6 nitrogen and oxygen atoms in total. The number of fused-ring (bicyclic) bond motifs is 2. The van der Waals surface area contributed by atoms with E-state index in [1.807, 2.05) is 0 Å². The van der Waals surface area contributed by atoms with Gasteiger partial charge in [-0.15, -0.1) is 0 Å². The second-order valence-corrected chi connectivity index (χ2v) is 8.05. The minimum atomic E-state index is -0.479. The van der Waals surface area contributed by atoms with Crippen LogP contribution in [0.3, 0.4) is 0 Å². The van der Waals surface area contributed by atoms with Crippen LogP contribution >= 0.6 is 0 Å². The molecular weight excluding hydrogens is 334 g/mol. The van der Waals surface area contributed by atoms with E-state index in [1.165, 1.54) is 43.9 Å². The second-order valence-electron chi connectivity index (χ2n) is 8.05. The first-order chi connectivity index (χ1) is 12.2. The Balaban J connectivity index is 1.73. The number of hydrogen-bond donors (Lipinski definition) is 0. The van der Waals surface area contributed by atoms with Gasteiger partial charge in [0.05, 0.1) is 12.0 Å². The van der Waals surface area contributed by atoms with Crippen LogP contribution < -0.4 is 4.74 Å². The van der Waals surface area contributed by atoms with Gasteiger partial charge in [-0.05, 0) is 42.7 Å². The zero-order chi connectivity index (χ0) is 19.1. The highest BCUT2D eigenvalue weighted by atomic mass is 16.6. The lowest BCUT2D eigenvalue weighted by atomic mass is 9.70. The summed E-state index contributed by atoms with van der Waals surface area (Å²) in [6, 6.07) is 4.26. The molecule has 6 heteroatoms. The van der Waals surface area contributed by atoms with Gasteiger partial charge in [0.15, 0.2) is 0 Å². The van der Waals surface area contributed by atoms with E-state index in [-0.39, 0.29) is 22.6 Å². The van der Waals surface area contributed by atoms with Crippen LogP contribution in [-0.4, -0.2) is 24.1 Å². The minimum absolute atomic E-state index is 0.00436. The highest BCUT2D eigenvalue weighted by molar-refractivity contribution is 5.88. The number of esters is 1. The van der Waals surface area contributed by atoms with Crippen LogP contribution in [0.25, 0.3) is 6.08 Å². The van der Waals surface area contributed by atoms with Crippen molar-refractivity contribution < 1.29 is 19.2 Å². The predicted octanol–water partition coefficient (Wildman–Crippen LogP) is 4.37. The van der Waals surface area contributed by atoms with Crippen LogP contribution in [0.2, 0.25) is 0 Å². The summed E-state index contributed by atoms with van der Waals surface area (Å²) in [6.45, 7) is 6.75. The van der Waals surface area contributed by atoms with Crippen molar-refractivity contribution in [3.05, 3.63) is 40.0 Å². The van der Waals surface area contributed by atoms with Crippen molar-refractivity contribution in [1.82, 2.24) is 0 Å². The molecule has 0 unspecified atom stereocenters. The molecule has 2 aliphatic carbocycles. The number of nitro benzene ring substituents is 1. The molecule has 2 fully saturated rings. The average Bonchev–Trinajstić information content (AvgIpc) is 2.93. The molecule has 0 radical (unpaired) electrons. The Kier molecular flexibility index (Phi) is 4.54. The number of nitro groups is 1. The number of rotatable bonds is 5. The number of carbonyl (C=O) groups is 1. The van der Waals surface area contributed by atoms with Crippen LogP contribution in [-0.2, 0) is 9.53 Å². The number of non-ortho nitro benzene ring substituents is 1. The molecule has 0 aliphatic heterocycles. The van der Waals surface area contributed by atoms with Gasteiger partial charge in [-0.1, -0.05) is 20.8 Å². The van der Waals surface area contributed by atoms with Crippen molar-refractivity contribution in [2.45, 2.75) is 46.1 Å². The summed E-state index contributed by atoms with van der Waals surface area (Å²) < 4.78 is 11.0. The normalized spacial score (nSPS) is 29.1. The fourth-order valence-electron chi connectivity index (χ4n) is 4.61. The quantitative estimate of drug-likeness (QED) is 0.337. The lowest BCUT2D eigenvalue weighted by Crippen LogP contribution is -2.38. The summed E-state index contributed by atoms with van der Waals surface area (Å²) in [4.78, 5) is 22.8. The van der Waals surface area contributed by atoms with Crippen molar-refractivity contribution in [3.8, 4) is 5.75 Å². The zero-order valence-corrected chi connectivity index (χ0v) is 15.7. The standard InChI is InChI=1S/C20H25NO5/c1-19(2)14-9-10-20(19,3)17(12-14)26-18(22)8-5-13-11-15(21(23)24)6-7-16(13)25-4/h5-8,11,14,17H,9-10,12H2,1-4H3/b8-5+/t14-,17+,20+/m0/s1. The second kappa shape index (κ2) is 6.41. The van der Waals surface area contributed by atoms with Gasteiger partial charge < -0.3 is 9.47 Å². The van der Waals surface area contributed by atoms with Crippen LogP contribution in [0, 0.1) is 26.9 Å². The SMILES string of the molecule is COc1ccc([N+](=O)[O-])cc1/C=C/C(=O)O[C@@H]1C[C@@H]2CC[C@@]1(C)C2(C)C. The van der Waals surface area contributed by atoms with E-state index in [9.17, 15) is 14.9 Å². The van der Waals surface area contributed by atoms with Crippen LogP contribution in [0.15, 0.2) is 24.3 Å². The Labute approximate surface area is 153 Å². The van der Waals surface area contributed by atoms with E-state index < -0.39 is 10.9 Å². The summed E-state index contributed by atoms with van der Waals surface area (Å²) in [7, 11) is 1.48. The first-order valence-electron chi connectivity index (χ1n) is 8.90. The van der Waals surface area contributed by atoms with Gasteiger partial charge in [0.2, 0.25) is 0 Å². The lowest BCUT2D eigenvalue weighted by Gasteiger charge is -2.38. The average molecular weight is 359 g/mol. The summed E-state index contributed by atoms with van der Waals surface area (Å²) in [5.41, 5.74) is 0.592. The van der Waals surface area contributed by atoms with E-state index >= 15 is 0 Å². The highest BCUT2D eigenvalue weighted by Gasteiger charge is 2.62. The van der Waals surface area contributed by atoms with Gasteiger partial charge in [-0.25, -0.2) is 4.79 Å². The van der Waals surface area contributed by atoms with Crippen LogP contribution in [0.4, 0.5) is 5.69 Å². The maximum absolute atomic E-state index is 12.3. The topological polar surface area (TPSA) is 78.7 Å². The van der Waals surface area contributed by atoms with Gasteiger partial charge in [-0.2, -0.15) is 0 Å². The molecule has 2 aliphatic rings. The molecule has 0 aromatic heterocycles. The number of hydrogen-bond acceptors (Lipinski definition) is 5. The van der Waals surface area contributed by atoms with Crippen LogP contribution in [0.1, 0.15) is 45.6 Å². The molecule has 3 atom stereocenters. The van der Waals surface area contributed by atoms with Gasteiger partial charge in [0.25, 0.3) is 5.69 Å². The van der Waals surface area contributed by atoms with Crippen molar-refractivity contribution in [2.75, 3.05) is 7.11 Å². The lowest BCUT2D eigenvalue weighted by molar-refractivity contribution is -0.384. The molecule has 0 heterocycles. The van der Waals surface area contributed by atoms with E-state index in [1.54, 1.807) is 0 Å². The summed E-state index contributed by atoms with van der Waals surface area (Å²) in [5.74, 6) is 0.631. The third kappa shape index (κ3) is 2.87. The highest BCUT2D eigenvalue weighted by Crippen LogP contribution is 2.66. The fraction of sp³-hybridized carbons (Fsp3) is 0.550. The molecule has 140 valence electrons. The number of methoxy groups -OCH3 is 1. The molecule has 0 saturated heterocycles. The zero-order valence-electron chi connectivity index (χ0n) is 15.7. The Hall–Kier alpha value is -2.37. The van der Waals surface area contributed by atoms with Gasteiger partial charge in [0.1, 0.15) is 11.9 Å². The molecule has 2 saturated carbocycles. The summed E-state index contributed by atoms with van der Waals surface area (Å²) >= 11 is 0. The fourth-order valence-corrected chi connectivity index (χ4v) is 4.61. The van der Waals surface area contributed by atoms with Crippen molar-refractivity contribution in [2.24, 2.45) is 16.7 Å². The third-order valence-corrected chi connectivity index (χ3v) is 6.80. The van der Waals surface area contributed by atoms with Crippen molar-refractivity contribution >= 4 is 17.7 Å².